The highest BCUT2D eigenvalue weighted by Gasteiger charge is 2.39. The van der Waals surface area contributed by atoms with Gasteiger partial charge in [-0.3, -0.25) is 9.59 Å². The molecule has 0 atom stereocenters. The summed E-state index contributed by atoms with van der Waals surface area (Å²) in [4.78, 5) is 27.7. The van der Waals surface area contributed by atoms with Crippen LogP contribution in [0.25, 0.3) is 0 Å². The lowest BCUT2D eigenvalue weighted by Crippen LogP contribution is -2.26. The van der Waals surface area contributed by atoms with Crippen molar-refractivity contribution in [2.45, 2.75) is 25.4 Å². The molecule has 1 aliphatic heterocycles. The van der Waals surface area contributed by atoms with Gasteiger partial charge in [0.2, 0.25) is 0 Å². The molecule has 0 radical (unpaired) electrons. The molecule has 0 spiro atoms. The molecule has 3 rings (SSSR count). The van der Waals surface area contributed by atoms with Gasteiger partial charge in [0.15, 0.2) is 0 Å². The van der Waals surface area contributed by atoms with Gasteiger partial charge in [0.1, 0.15) is 4.88 Å². The van der Waals surface area contributed by atoms with E-state index < -0.39 is 0 Å². The smallest absolute Gasteiger partial charge is 0.305 e. The van der Waals surface area contributed by atoms with Crippen LogP contribution in [0.5, 0.6) is 0 Å². The summed E-state index contributed by atoms with van der Waals surface area (Å²) in [6, 6.07) is 0.440. The minimum atomic E-state index is -0.117. The molecule has 1 saturated carbocycles. The Hall–Kier alpha value is -1.10. The van der Waals surface area contributed by atoms with E-state index in [-0.39, 0.29) is 10.8 Å². The van der Waals surface area contributed by atoms with E-state index in [0.717, 1.165) is 29.9 Å². The molecule has 1 N–H and O–H groups in total. The number of nitrogens with one attached hydrogen (secondary N) is 1. The van der Waals surface area contributed by atoms with E-state index in [1.54, 1.807) is 0 Å². The van der Waals surface area contributed by atoms with Gasteiger partial charge >= 0.3 is 4.87 Å². The summed E-state index contributed by atoms with van der Waals surface area (Å²) in [5, 5.41) is 0. The highest BCUT2D eigenvalue weighted by Crippen LogP contribution is 2.34. The first kappa shape index (κ1) is 7.32. The summed E-state index contributed by atoms with van der Waals surface area (Å²) in [6.45, 7) is 0.609. The zero-order chi connectivity index (χ0) is 9.00. The topological polar surface area (TPSA) is 53.2 Å². The first-order valence-corrected chi connectivity index (χ1v) is 5.10. The van der Waals surface area contributed by atoms with E-state index in [1.807, 2.05) is 4.90 Å². The Bertz CT molecular complexity index is 430. The van der Waals surface area contributed by atoms with Gasteiger partial charge < -0.3 is 9.88 Å². The fourth-order valence-electron chi connectivity index (χ4n) is 1.70. The molecule has 68 valence electrons. The average molecular weight is 196 g/mol. The number of carbonyl (C=O) groups is 1. The lowest BCUT2D eigenvalue weighted by molar-refractivity contribution is 0.0769. The van der Waals surface area contributed by atoms with Gasteiger partial charge in [0, 0.05) is 6.04 Å². The largest absolute Gasteiger partial charge is 0.329 e. The predicted molar refractivity (Wildman–Crippen MR) is 47.8 cm³/mol. The van der Waals surface area contributed by atoms with Crippen molar-refractivity contribution < 1.29 is 4.79 Å². The van der Waals surface area contributed by atoms with Gasteiger partial charge in [-0.25, -0.2) is 0 Å². The van der Waals surface area contributed by atoms with E-state index >= 15 is 0 Å². The van der Waals surface area contributed by atoms with Crippen molar-refractivity contribution in [2.24, 2.45) is 0 Å². The van der Waals surface area contributed by atoms with E-state index in [0.29, 0.717) is 17.5 Å². The van der Waals surface area contributed by atoms with Crippen molar-refractivity contribution in [1.29, 1.82) is 0 Å². The fourth-order valence-corrected chi connectivity index (χ4v) is 2.50. The van der Waals surface area contributed by atoms with E-state index in [1.165, 1.54) is 0 Å². The van der Waals surface area contributed by atoms with Crippen molar-refractivity contribution in [3.63, 3.8) is 0 Å². The maximum atomic E-state index is 11.7. The van der Waals surface area contributed by atoms with Crippen molar-refractivity contribution in [3.05, 3.63) is 20.2 Å². The van der Waals surface area contributed by atoms with Crippen LogP contribution in [0, 0.1) is 0 Å². The quantitative estimate of drug-likeness (QED) is 0.713. The number of H-pyrrole nitrogens is 1. The molecule has 0 bridgehead atoms. The van der Waals surface area contributed by atoms with Crippen LogP contribution in [0.4, 0.5) is 0 Å². The Kier molecular flexibility index (Phi) is 1.25. The SMILES string of the molecule is O=C1c2sc(=O)[nH]c2CN1C1CC1. The molecule has 1 amide bonds. The normalized spacial score (nSPS) is 20.9. The standard InChI is InChI=1S/C8H8N2O2S/c11-7-6-5(9-8(12)13-6)3-10(7)4-1-2-4/h4H,1-3H2,(H,9,12). The molecule has 2 aliphatic rings. The van der Waals surface area contributed by atoms with Crippen LogP contribution in [0.2, 0.25) is 0 Å². The van der Waals surface area contributed by atoms with Crippen molar-refractivity contribution in [1.82, 2.24) is 9.88 Å². The van der Waals surface area contributed by atoms with Gasteiger partial charge in [-0.2, -0.15) is 0 Å². The summed E-state index contributed by atoms with van der Waals surface area (Å²) in [7, 11) is 0. The molecule has 1 fully saturated rings. The number of hydrogen-bond donors (Lipinski definition) is 1. The Morgan fingerprint density at radius 1 is 1.38 bits per heavy atom. The first-order chi connectivity index (χ1) is 6.25. The summed E-state index contributed by atoms with van der Waals surface area (Å²) in [6.07, 6.45) is 2.23. The van der Waals surface area contributed by atoms with Crippen molar-refractivity contribution in [2.75, 3.05) is 0 Å². The zero-order valence-electron chi connectivity index (χ0n) is 6.87. The number of hydrogen-bond acceptors (Lipinski definition) is 3. The van der Waals surface area contributed by atoms with E-state index in [2.05, 4.69) is 4.98 Å². The van der Waals surface area contributed by atoms with Crippen LogP contribution >= 0.6 is 11.3 Å². The number of aromatic nitrogens is 1. The average Bonchev–Trinajstić information content (AvgIpc) is 2.79. The second-order valence-corrected chi connectivity index (χ2v) is 4.47. The van der Waals surface area contributed by atoms with Crippen LogP contribution in [-0.2, 0) is 6.54 Å². The Labute approximate surface area is 78.2 Å². The van der Waals surface area contributed by atoms with Gasteiger partial charge in [0.05, 0.1) is 12.2 Å². The Balaban J connectivity index is 2.02. The van der Waals surface area contributed by atoms with Crippen LogP contribution < -0.4 is 4.87 Å². The maximum Gasteiger partial charge on any atom is 0.305 e. The molecule has 0 aromatic carbocycles. The fraction of sp³-hybridized carbons (Fsp3) is 0.500. The van der Waals surface area contributed by atoms with Crippen LogP contribution in [0.1, 0.15) is 28.2 Å². The minimum Gasteiger partial charge on any atom is -0.329 e. The van der Waals surface area contributed by atoms with Gasteiger partial charge in [-0.15, -0.1) is 0 Å². The highest BCUT2D eigenvalue weighted by molar-refractivity contribution is 7.11. The monoisotopic (exact) mass is 196 g/mol. The molecular weight excluding hydrogens is 188 g/mol. The number of aromatic amines is 1. The number of fused-ring (bicyclic) bond motifs is 1. The molecule has 1 aliphatic carbocycles. The minimum absolute atomic E-state index is 0.0425. The molecule has 0 unspecified atom stereocenters. The summed E-state index contributed by atoms with van der Waals surface area (Å²) in [5.74, 6) is 0.0425. The van der Waals surface area contributed by atoms with E-state index in [9.17, 15) is 9.59 Å². The summed E-state index contributed by atoms with van der Waals surface area (Å²) in [5.41, 5.74) is 0.812. The van der Waals surface area contributed by atoms with Gasteiger partial charge in [-0.1, -0.05) is 11.3 Å². The summed E-state index contributed by atoms with van der Waals surface area (Å²) >= 11 is 1.03. The second-order valence-electron chi connectivity index (χ2n) is 3.49. The molecular formula is C8H8N2O2S. The third-order valence-corrected chi connectivity index (χ3v) is 3.41. The van der Waals surface area contributed by atoms with Gasteiger partial charge in [0.25, 0.3) is 5.91 Å². The first-order valence-electron chi connectivity index (χ1n) is 4.28. The number of rotatable bonds is 1. The molecule has 1 aromatic heterocycles. The number of nitrogens with zero attached hydrogens (tertiary/aromatic N) is 1. The molecule has 5 heteroatoms. The van der Waals surface area contributed by atoms with E-state index in [4.69, 9.17) is 0 Å². The maximum absolute atomic E-state index is 11.7. The Morgan fingerprint density at radius 2 is 2.15 bits per heavy atom. The third-order valence-electron chi connectivity index (χ3n) is 2.49. The molecule has 1 aromatic rings. The highest BCUT2D eigenvalue weighted by atomic mass is 32.1. The number of carbonyl (C=O) groups excluding carboxylic acids is 1. The lowest BCUT2D eigenvalue weighted by atomic mass is 10.4. The van der Waals surface area contributed by atoms with Crippen molar-refractivity contribution in [3.8, 4) is 0 Å². The van der Waals surface area contributed by atoms with Gasteiger partial charge in [-0.05, 0) is 12.8 Å². The number of thiazole rings is 1. The van der Waals surface area contributed by atoms with Crippen LogP contribution in [0.3, 0.4) is 0 Å². The lowest BCUT2D eigenvalue weighted by Gasteiger charge is -2.13. The second kappa shape index (κ2) is 2.23. The molecule has 13 heavy (non-hydrogen) atoms. The van der Waals surface area contributed by atoms with Crippen LogP contribution in [0.15, 0.2) is 4.79 Å². The van der Waals surface area contributed by atoms with Crippen LogP contribution in [-0.4, -0.2) is 21.8 Å². The zero-order valence-corrected chi connectivity index (χ0v) is 7.69. The molecule has 0 saturated heterocycles. The van der Waals surface area contributed by atoms with Crippen molar-refractivity contribution >= 4 is 17.2 Å². The Morgan fingerprint density at radius 3 is 2.77 bits per heavy atom. The summed E-state index contributed by atoms with van der Waals surface area (Å²) < 4.78 is 0. The number of amides is 1. The third kappa shape index (κ3) is 0.966. The predicted octanol–water partition coefficient (Wildman–Crippen LogP) is 0.555. The molecule has 2 heterocycles. The molecule has 4 nitrogen and oxygen atoms in total.